The van der Waals surface area contributed by atoms with Gasteiger partial charge < -0.3 is 10.6 Å². The van der Waals surface area contributed by atoms with E-state index in [0.717, 1.165) is 19.4 Å². The van der Waals surface area contributed by atoms with Gasteiger partial charge in [-0.3, -0.25) is 5.41 Å². The minimum absolute atomic E-state index is 0.0502. The second-order valence-corrected chi connectivity index (χ2v) is 4.66. The second kappa shape index (κ2) is 5.21. The summed E-state index contributed by atoms with van der Waals surface area (Å²) in [5.41, 5.74) is 8.39. The molecule has 1 aromatic rings. The highest BCUT2D eigenvalue weighted by atomic mass is 15.2. The summed E-state index contributed by atoms with van der Waals surface area (Å²) >= 11 is 0. The molecule has 2 rings (SSSR count). The fraction of sp³-hybridized carbons (Fsp3) is 0.500. The summed E-state index contributed by atoms with van der Waals surface area (Å²) in [6.07, 6.45) is 4.44. The van der Waals surface area contributed by atoms with Crippen LogP contribution in [-0.2, 0) is 6.42 Å². The fourth-order valence-electron chi connectivity index (χ4n) is 2.65. The van der Waals surface area contributed by atoms with E-state index in [9.17, 15) is 0 Å². The quantitative estimate of drug-likeness (QED) is 0.620. The molecule has 1 atom stereocenters. The Hall–Kier alpha value is -1.51. The number of hydrogen-bond donors (Lipinski definition) is 2. The number of nitrogens with one attached hydrogen (secondary N) is 1. The zero-order chi connectivity index (χ0) is 12.3. The molecule has 92 valence electrons. The summed E-state index contributed by atoms with van der Waals surface area (Å²) in [4.78, 5) is 2.31. The molecule has 0 aliphatic carbocycles. The van der Waals surface area contributed by atoms with Crippen LogP contribution in [0, 0.1) is 5.41 Å². The van der Waals surface area contributed by atoms with Gasteiger partial charge in [0.15, 0.2) is 0 Å². The Kier molecular flexibility index (Phi) is 3.67. The third-order valence-electron chi connectivity index (χ3n) is 3.52. The van der Waals surface area contributed by atoms with E-state index >= 15 is 0 Å². The number of nitrogens with zero attached hydrogens (tertiary/aromatic N) is 1. The van der Waals surface area contributed by atoms with E-state index in [-0.39, 0.29) is 11.9 Å². The van der Waals surface area contributed by atoms with E-state index in [4.69, 9.17) is 11.1 Å². The smallest absolute Gasteiger partial charge is 0.114 e. The maximum absolute atomic E-state index is 7.74. The number of nitrogens with two attached hydrogens (primary N) is 1. The molecule has 0 aromatic heterocycles. The topological polar surface area (TPSA) is 53.1 Å². The van der Waals surface area contributed by atoms with Gasteiger partial charge in [0.25, 0.3) is 0 Å². The molecule has 0 radical (unpaired) electrons. The standard InChI is InChI=1S/C14H21N3/c1-2-12(14(15)16)17-10-6-5-8-11-7-3-4-9-13(11)17/h3-4,7,9,12H,2,5-6,8,10H2,1H3,(H3,15,16). The van der Waals surface area contributed by atoms with E-state index in [2.05, 4.69) is 36.1 Å². The molecule has 0 bridgehead atoms. The van der Waals surface area contributed by atoms with Crippen molar-refractivity contribution >= 4 is 11.5 Å². The minimum atomic E-state index is 0.0502. The van der Waals surface area contributed by atoms with Crippen molar-refractivity contribution in [2.75, 3.05) is 11.4 Å². The van der Waals surface area contributed by atoms with Crippen molar-refractivity contribution in [3.05, 3.63) is 29.8 Å². The highest BCUT2D eigenvalue weighted by molar-refractivity contribution is 5.86. The van der Waals surface area contributed by atoms with Gasteiger partial charge in [-0.05, 0) is 37.3 Å². The molecule has 1 aromatic carbocycles. The van der Waals surface area contributed by atoms with Crippen LogP contribution >= 0.6 is 0 Å². The molecule has 3 heteroatoms. The Morgan fingerprint density at radius 1 is 1.41 bits per heavy atom. The highest BCUT2D eigenvalue weighted by Gasteiger charge is 2.23. The van der Waals surface area contributed by atoms with Gasteiger partial charge >= 0.3 is 0 Å². The van der Waals surface area contributed by atoms with Crippen LogP contribution in [0.4, 0.5) is 5.69 Å². The van der Waals surface area contributed by atoms with Gasteiger partial charge in [0, 0.05) is 12.2 Å². The summed E-state index contributed by atoms with van der Waals surface area (Å²) in [5, 5.41) is 7.74. The molecule has 17 heavy (non-hydrogen) atoms. The van der Waals surface area contributed by atoms with Gasteiger partial charge in [0.05, 0.1) is 6.04 Å². The molecular weight excluding hydrogens is 210 g/mol. The maximum Gasteiger partial charge on any atom is 0.114 e. The molecule has 0 spiro atoms. The molecule has 1 unspecified atom stereocenters. The van der Waals surface area contributed by atoms with Crippen LogP contribution in [0.2, 0.25) is 0 Å². The zero-order valence-electron chi connectivity index (χ0n) is 10.4. The normalized spacial score (nSPS) is 17.1. The number of benzene rings is 1. The van der Waals surface area contributed by atoms with E-state index < -0.39 is 0 Å². The SMILES string of the molecule is CCC(C(=N)N)N1CCCCc2ccccc21. The predicted molar refractivity (Wildman–Crippen MR) is 72.7 cm³/mol. The summed E-state index contributed by atoms with van der Waals surface area (Å²) in [6, 6.07) is 8.57. The Labute approximate surface area is 103 Å². The maximum atomic E-state index is 7.74. The number of aryl methyl sites for hydroxylation is 1. The van der Waals surface area contributed by atoms with Crippen molar-refractivity contribution in [1.82, 2.24) is 0 Å². The minimum Gasteiger partial charge on any atom is -0.386 e. The molecule has 3 nitrogen and oxygen atoms in total. The number of fused-ring (bicyclic) bond motifs is 1. The van der Waals surface area contributed by atoms with Crippen molar-refractivity contribution in [3.63, 3.8) is 0 Å². The first-order chi connectivity index (χ1) is 8.24. The number of amidine groups is 1. The first kappa shape index (κ1) is 12.0. The van der Waals surface area contributed by atoms with Crippen molar-refractivity contribution in [2.24, 2.45) is 5.73 Å². The second-order valence-electron chi connectivity index (χ2n) is 4.66. The largest absolute Gasteiger partial charge is 0.386 e. The Morgan fingerprint density at radius 3 is 2.88 bits per heavy atom. The fourth-order valence-corrected chi connectivity index (χ4v) is 2.65. The average Bonchev–Trinajstić information content (AvgIpc) is 2.53. The van der Waals surface area contributed by atoms with Gasteiger partial charge in [-0.15, -0.1) is 0 Å². The molecule has 1 heterocycles. The van der Waals surface area contributed by atoms with Crippen molar-refractivity contribution < 1.29 is 0 Å². The Morgan fingerprint density at radius 2 is 2.18 bits per heavy atom. The molecular formula is C14H21N3. The predicted octanol–water partition coefficient (Wildman–Crippen LogP) is 2.54. The lowest BCUT2D eigenvalue weighted by Crippen LogP contribution is -2.44. The summed E-state index contributed by atoms with van der Waals surface area (Å²) in [7, 11) is 0. The zero-order valence-corrected chi connectivity index (χ0v) is 10.4. The summed E-state index contributed by atoms with van der Waals surface area (Å²) in [6.45, 7) is 3.11. The van der Waals surface area contributed by atoms with Crippen LogP contribution in [0.25, 0.3) is 0 Å². The molecule has 0 saturated carbocycles. The van der Waals surface area contributed by atoms with Gasteiger partial charge in [-0.2, -0.15) is 0 Å². The van der Waals surface area contributed by atoms with E-state index in [1.54, 1.807) is 0 Å². The monoisotopic (exact) mass is 231 g/mol. The molecule has 1 aliphatic rings. The first-order valence-electron chi connectivity index (χ1n) is 6.42. The molecule has 0 saturated heterocycles. The number of hydrogen-bond acceptors (Lipinski definition) is 2. The van der Waals surface area contributed by atoms with Crippen LogP contribution < -0.4 is 10.6 Å². The van der Waals surface area contributed by atoms with E-state index in [1.165, 1.54) is 24.1 Å². The third-order valence-corrected chi connectivity index (χ3v) is 3.52. The highest BCUT2D eigenvalue weighted by Crippen LogP contribution is 2.28. The van der Waals surface area contributed by atoms with Crippen molar-refractivity contribution in [1.29, 1.82) is 5.41 Å². The van der Waals surface area contributed by atoms with Gasteiger partial charge in [0.2, 0.25) is 0 Å². The first-order valence-corrected chi connectivity index (χ1v) is 6.42. The van der Waals surface area contributed by atoms with Gasteiger partial charge in [-0.1, -0.05) is 25.1 Å². The van der Waals surface area contributed by atoms with Crippen LogP contribution in [0.5, 0.6) is 0 Å². The molecule has 3 N–H and O–H groups in total. The number of anilines is 1. The van der Waals surface area contributed by atoms with Crippen LogP contribution in [0.1, 0.15) is 31.7 Å². The lowest BCUT2D eigenvalue weighted by Gasteiger charge is -2.32. The van der Waals surface area contributed by atoms with Crippen molar-refractivity contribution in [2.45, 2.75) is 38.6 Å². The Bertz CT molecular complexity index is 400. The summed E-state index contributed by atoms with van der Waals surface area (Å²) < 4.78 is 0. The Balaban J connectivity index is 2.37. The molecule has 1 aliphatic heterocycles. The van der Waals surface area contributed by atoms with Crippen LogP contribution in [-0.4, -0.2) is 18.4 Å². The molecule has 0 amide bonds. The lowest BCUT2D eigenvalue weighted by molar-refractivity contribution is 0.655. The van der Waals surface area contributed by atoms with Crippen molar-refractivity contribution in [3.8, 4) is 0 Å². The van der Waals surface area contributed by atoms with E-state index in [0.29, 0.717) is 0 Å². The number of rotatable bonds is 3. The third kappa shape index (κ3) is 2.43. The van der Waals surface area contributed by atoms with Crippen LogP contribution in [0.15, 0.2) is 24.3 Å². The summed E-state index contributed by atoms with van der Waals surface area (Å²) in [5.74, 6) is 0.282. The van der Waals surface area contributed by atoms with Crippen LogP contribution in [0.3, 0.4) is 0 Å². The number of para-hydroxylation sites is 1. The van der Waals surface area contributed by atoms with Gasteiger partial charge in [-0.25, -0.2) is 0 Å². The van der Waals surface area contributed by atoms with E-state index in [1.807, 2.05) is 0 Å². The lowest BCUT2D eigenvalue weighted by atomic mass is 10.1. The molecule has 0 fully saturated rings. The average molecular weight is 231 g/mol. The van der Waals surface area contributed by atoms with Gasteiger partial charge in [0.1, 0.15) is 5.84 Å².